The summed E-state index contributed by atoms with van der Waals surface area (Å²) in [7, 11) is 0. The highest BCUT2D eigenvalue weighted by atomic mass is 16.7. The van der Waals surface area contributed by atoms with Gasteiger partial charge in [0.05, 0.1) is 24.3 Å². The van der Waals surface area contributed by atoms with Crippen LogP contribution in [-0.2, 0) is 4.84 Å². The fraction of sp³-hybridized carbons (Fsp3) is 0.176. The lowest BCUT2D eigenvalue weighted by Gasteiger charge is -2.20. The predicted octanol–water partition coefficient (Wildman–Crippen LogP) is 2.77. The number of benzene rings is 2. The Kier molecular flexibility index (Phi) is 3.89. The second-order valence-corrected chi connectivity index (χ2v) is 5.21. The molecule has 0 spiro atoms. The van der Waals surface area contributed by atoms with Crippen LogP contribution in [0.2, 0.25) is 0 Å². The third-order valence-corrected chi connectivity index (χ3v) is 3.55. The first kappa shape index (κ1) is 14.3. The SMILES string of the molecule is O/N=C(\CC1(O)CC(c2ccccc2)=NO1)c1ccccc1. The molecule has 2 aromatic carbocycles. The standard InChI is InChI=1S/C17H16N2O3/c20-17(11-15(18-21)13-7-3-1-4-8-13)12-16(19-22-17)14-9-5-2-6-10-14/h1-10,20-21H,11-12H2/b18-15+. The molecule has 22 heavy (non-hydrogen) atoms. The molecule has 0 aliphatic carbocycles. The third-order valence-electron chi connectivity index (χ3n) is 3.55. The Morgan fingerprint density at radius 2 is 1.73 bits per heavy atom. The Morgan fingerprint density at radius 1 is 1.09 bits per heavy atom. The van der Waals surface area contributed by atoms with E-state index in [9.17, 15) is 10.3 Å². The van der Waals surface area contributed by atoms with Crippen LogP contribution in [-0.4, -0.2) is 27.5 Å². The van der Waals surface area contributed by atoms with Crippen molar-refractivity contribution in [2.24, 2.45) is 10.3 Å². The van der Waals surface area contributed by atoms with Gasteiger partial charge in [-0.1, -0.05) is 71.0 Å². The zero-order valence-corrected chi connectivity index (χ0v) is 11.9. The minimum Gasteiger partial charge on any atom is -0.411 e. The minimum absolute atomic E-state index is 0.0490. The van der Waals surface area contributed by atoms with Gasteiger partial charge >= 0.3 is 0 Å². The molecular formula is C17H16N2O3. The van der Waals surface area contributed by atoms with Gasteiger partial charge in [0, 0.05) is 0 Å². The number of oxime groups is 2. The van der Waals surface area contributed by atoms with Crippen LogP contribution in [0.15, 0.2) is 71.0 Å². The maximum atomic E-state index is 10.6. The van der Waals surface area contributed by atoms with E-state index in [-0.39, 0.29) is 12.8 Å². The summed E-state index contributed by atoms with van der Waals surface area (Å²) in [6, 6.07) is 18.7. The Bertz CT molecular complexity index is 698. The molecule has 0 amide bonds. The zero-order chi connectivity index (χ0) is 15.4. The van der Waals surface area contributed by atoms with Crippen molar-refractivity contribution >= 4 is 11.4 Å². The minimum atomic E-state index is -1.50. The van der Waals surface area contributed by atoms with Crippen LogP contribution in [0.4, 0.5) is 0 Å². The van der Waals surface area contributed by atoms with Gasteiger partial charge in [-0.3, -0.25) is 0 Å². The molecule has 0 radical (unpaired) electrons. The molecule has 0 saturated heterocycles. The van der Waals surface area contributed by atoms with Crippen LogP contribution in [0.5, 0.6) is 0 Å². The van der Waals surface area contributed by atoms with Gasteiger partial charge in [-0.25, -0.2) is 0 Å². The highest BCUT2D eigenvalue weighted by molar-refractivity contribution is 6.04. The maximum absolute atomic E-state index is 10.6. The summed E-state index contributed by atoms with van der Waals surface area (Å²) in [4.78, 5) is 5.21. The van der Waals surface area contributed by atoms with Gasteiger partial charge < -0.3 is 15.2 Å². The van der Waals surface area contributed by atoms with E-state index in [2.05, 4.69) is 10.3 Å². The first-order valence-corrected chi connectivity index (χ1v) is 6.99. The van der Waals surface area contributed by atoms with Crippen molar-refractivity contribution in [3.05, 3.63) is 71.8 Å². The Morgan fingerprint density at radius 3 is 2.36 bits per heavy atom. The maximum Gasteiger partial charge on any atom is 0.245 e. The quantitative estimate of drug-likeness (QED) is 0.517. The second kappa shape index (κ2) is 5.99. The van der Waals surface area contributed by atoms with E-state index < -0.39 is 5.79 Å². The summed E-state index contributed by atoms with van der Waals surface area (Å²) in [5.74, 6) is -1.50. The average molecular weight is 296 g/mol. The molecule has 1 unspecified atom stereocenters. The van der Waals surface area contributed by atoms with E-state index in [0.717, 1.165) is 11.1 Å². The van der Waals surface area contributed by atoms with E-state index in [1.54, 1.807) is 0 Å². The molecule has 3 rings (SSSR count). The molecule has 112 valence electrons. The lowest BCUT2D eigenvalue weighted by atomic mass is 9.96. The van der Waals surface area contributed by atoms with E-state index in [4.69, 9.17) is 4.84 Å². The molecule has 1 aliphatic heterocycles. The van der Waals surface area contributed by atoms with E-state index in [1.165, 1.54) is 0 Å². The van der Waals surface area contributed by atoms with Crippen molar-refractivity contribution in [3.63, 3.8) is 0 Å². The van der Waals surface area contributed by atoms with Gasteiger partial charge in [-0.2, -0.15) is 0 Å². The Balaban J connectivity index is 1.74. The normalized spacial score (nSPS) is 21.3. The van der Waals surface area contributed by atoms with E-state index in [1.807, 2.05) is 60.7 Å². The molecule has 5 heteroatoms. The summed E-state index contributed by atoms with van der Waals surface area (Å²) >= 11 is 0. The Hall–Kier alpha value is -2.66. The largest absolute Gasteiger partial charge is 0.411 e. The highest BCUT2D eigenvalue weighted by Gasteiger charge is 2.39. The van der Waals surface area contributed by atoms with Crippen LogP contribution in [0.25, 0.3) is 0 Å². The second-order valence-electron chi connectivity index (χ2n) is 5.21. The topological polar surface area (TPSA) is 74.4 Å². The van der Waals surface area contributed by atoms with Crippen molar-refractivity contribution in [1.29, 1.82) is 0 Å². The summed E-state index contributed by atoms with van der Waals surface area (Å²) in [5, 5.41) is 27.0. The number of rotatable bonds is 4. The van der Waals surface area contributed by atoms with Gasteiger partial charge in [-0.15, -0.1) is 0 Å². The molecule has 1 atom stereocenters. The van der Waals surface area contributed by atoms with Crippen LogP contribution < -0.4 is 0 Å². The van der Waals surface area contributed by atoms with Crippen molar-refractivity contribution in [3.8, 4) is 0 Å². The summed E-state index contributed by atoms with van der Waals surface area (Å²) < 4.78 is 0. The van der Waals surface area contributed by atoms with Crippen LogP contribution >= 0.6 is 0 Å². The number of nitrogens with zero attached hydrogens (tertiary/aromatic N) is 2. The lowest BCUT2D eigenvalue weighted by Crippen LogP contribution is -2.32. The molecule has 0 aromatic heterocycles. The average Bonchev–Trinajstić information content (AvgIpc) is 2.97. The fourth-order valence-electron chi connectivity index (χ4n) is 2.43. The van der Waals surface area contributed by atoms with Gasteiger partial charge in [0.2, 0.25) is 5.79 Å². The fourth-order valence-corrected chi connectivity index (χ4v) is 2.43. The molecule has 5 nitrogen and oxygen atoms in total. The summed E-state index contributed by atoms with van der Waals surface area (Å²) in [6.45, 7) is 0. The zero-order valence-electron chi connectivity index (χ0n) is 11.9. The predicted molar refractivity (Wildman–Crippen MR) is 83.0 cm³/mol. The van der Waals surface area contributed by atoms with Crippen molar-refractivity contribution in [2.45, 2.75) is 18.6 Å². The molecule has 0 saturated carbocycles. The molecule has 1 aliphatic rings. The lowest BCUT2D eigenvalue weighted by molar-refractivity contribution is -0.178. The number of hydrogen-bond donors (Lipinski definition) is 2. The van der Waals surface area contributed by atoms with Crippen molar-refractivity contribution in [2.75, 3.05) is 0 Å². The number of hydrogen-bond acceptors (Lipinski definition) is 5. The Labute approximate surface area is 128 Å². The van der Waals surface area contributed by atoms with Crippen LogP contribution in [0.3, 0.4) is 0 Å². The van der Waals surface area contributed by atoms with Crippen molar-refractivity contribution in [1.82, 2.24) is 0 Å². The van der Waals surface area contributed by atoms with Gasteiger partial charge in [0.25, 0.3) is 0 Å². The molecule has 0 fully saturated rings. The van der Waals surface area contributed by atoms with Crippen LogP contribution in [0.1, 0.15) is 24.0 Å². The van der Waals surface area contributed by atoms with Gasteiger partial charge in [0.15, 0.2) is 0 Å². The molecule has 0 bridgehead atoms. The third kappa shape index (κ3) is 2.99. The van der Waals surface area contributed by atoms with Crippen LogP contribution in [0, 0.1) is 0 Å². The smallest absolute Gasteiger partial charge is 0.245 e. The van der Waals surface area contributed by atoms with Gasteiger partial charge in [-0.05, 0) is 11.1 Å². The molecule has 1 heterocycles. The van der Waals surface area contributed by atoms with E-state index >= 15 is 0 Å². The highest BCUT2D eigenvalue weighted by Crippen LogP contribution is 2.29. The summed E-state index contributed by atoms with van der Waals surface area (Å²) in [5.41, 5.74) is 2.66. The van der Waals surface area contributed by atoms with E-state index in [0.29, 0.717) is 11.4 Å². The monoisotopic (exact) mass is 296 g/mol. The number of aliphatic hydroxyl groups is 1. The summed E-state index contributed by atoms with van der Waals surface area (Å²) in [6.07, 6.45) is 0.288. The van der Waals surface area contributed by atoms with Crippen molar-refractivity contribution < 1.29 is 15.2 Å². The first-order valence-electron chi connectivity index (χ1n) is 6.99. The first-order chi connectivity index (χ1) is 10.7. The molecule has 2 N–H and O–H groups in total. The van der Waals surface area contributed by atoms with Gasteiger partial charge in [0.1, 0.15) is 0 Å². The molecular weight excluding hydrogens is 280 g/mol. The molecule has 2 aromatic rings.